The Morgan fingerprint density at radius 1 is 1.14 bits per heavy atom. The van der Waals surface area contributed by atoms with Gasteiger partial charge in [0.05, 0.1) is 7.11 Å². The third-order valence-corrected chi connectivity index (χ3v) is 5.62. The third kappa shape index (κ3) is 2.81. The summed E-state index contributed by atoms with van der Waals surface area (Å²) in [6.45, 7) is 4.30. The fraction of sp³-hybridized carbons (Fsp3) is 0.333. The lowest BCUT2D eigenvalue weighted by molar-refractivity contribution is 0.414. The minimum atomic E-state index is 0.0702. The Balaban J connectivity index is 1.82. The fourth-order valence-corrected chi connectivity index (χ4v) is 4.22. The van der Waals surface area contributed by atoms with E-state index in [-0.39, 0.29) is 6.04 Å². The van der Waals surface area contributed by atoms with E-state index in [9.17, 15) is 0 Å². The van der Waals surface area contributed by atoms with Crippen molar-refractivity contribution in [3.8, 4) is 5.75 Å². The maximum Gasteiger partial charge on any atom is 0.119 e. The van der Waals surface area contributed by atoms with Crippen LogP contribution < -0.4 is 10.5 Å². The number of thioether (sulfide) groups is 1. The first-order valence-corrected chi connectivity index (χ1v) is 8.13. The number of fused-ring (bicyclic) bond motifs is 1. The summed E-state index contributed by atoms with van der Waals surface area (Å²) in [5.74, 6) is 0.890. The van der Waals surface area contributed by atoms with Crippen LogP contribution in [0.4, 0.5) is 0 Å². The van der Waals surface area contributed by atoms with Crippen LogP contribution in [-0.4, -0.2) is 12.4 Å². The predicted molar refractivity (Wildman–Crippen MR) is 89.2 cm³/mol. The van der Waals surface area contributed by atoms with Crippen LogP contribution in [0.3, 0.4) is 0 Å². The molecule has 0 saturated carbocycles. The first kappa shape index (κ1) is 14.5. The first-order chi connectivity index (χ1) is 10.1. The fourth-order valence-electron chi connectivity index (χ4n) is 2.95. The van der Waals surface area contributed by atoms with Crippen LogP contribution in [0.2, 0.25) is 0 Å². The zero-order chi connectivity index (χ0) is 15.0. The van der Waals surface area contributed by atoms with Crippen LogP contribution in [0.25, 0.3) is 0 Å². The maximum atomic E-state index is 6.47. The molecule has 0 saturated heterocycles. The van der Waals surface area contributed by atoms with Crippen molar-refractivity contribution in [1.82, 2.24) is 0 Å². The van der Waals surface area contributed by atoms with Crippen LogP contribution >= 0.6 is 11.8 Å². The highest BCUT2D eigenvalue weighted by Crippen LogP contribution is 2.42. The van der Waals surface area contributed by atoms with Crippen molar-refractivity contribution >= 4 is 11.8 Å². The third-order valence-electron chi connectivity index (χ3n) is 4.14. The van der Waals surface area contributed by atoms with Gasteiger partial charge in [-0.1, -0.05) is 23.8 Å². The number of hydrogen-bond donors (Lipinski definition) is 1. The van der Waals surface area contributed by atoms with Gasteiger partial charge in [-0.3, -0.25) is 0 Å². The molecule has 0 heterocycles. The van der Waals surface area contributed by atoms with Gasteiger partial charge >= 0.3 is 0 Å². The van der Waals surface area contributed by atoms with Crippen molar-refractivity contribution in [2.75, 3.05) is 7.11 Å². The van der Waals surface area contributed by atoms with Gasteiger partial charge in [-0.25, -0.2) is 0 Å². The molecule has 3 rings (SSSR count). The summed E-state index contributed by atoms with van der Waals surface area (Å²) in [6, 6.07) is 13.0. The van der Waals surface area contributed by atoms with Crippen molar-refractivity contribution in [1.29, 1.82) is 0 Å². The summed E-state index contributed by atoms with van der Waals surface area (Å²) in [6.07, 6.45) is 1.03. The second kappa shape index (κ2) is 5.74. The van der Waals surface area contributed by atoms with Crippen molar-refractivity contribution in [2.45, 2.75) is 36.5 Å². The molecule has 1 aliphatic rings. The standard InChI is InChI=1S/C18H21NOS/c1-11-4-7-16(12(2)8-11)21-17-9-13-5-6-14(20-3)10-15(13)18(17)19/h4-8,10,17-18H,9,19H2,1-3H3. The van der Waals surface area contributed by atoms with Crippen LogP contribution in [0, 0.1) is 13.8 Å². The molecule has 2 aromatic rings. The molecule has 0 fully saturated rings. The minimum Gasteiger partial charge on any atom is -0.497 e. The summed E-state index contributed by atoms with van der Waals surface area (Å²) >= 11 is 1.90. The summed E-state index contributed by atoms with van der Waals surface area (Å²) in [4.78, 5) is 1.33. The zero-order valence-electron chi connectivity index (χ0n) is 12.7. The van der Waals surface area contributed by atoms with Crippen molar-refractivity contribution < 1.29 is 4.74 Å². The highest BCUT2D eigenvalue weighted by Gasteiger charge is 2.31. The maximum absolute atomic E-state index is 6.47. The zero-order valence-corrected chi connectivity index (χ0v) is 13.5. The van der Waals surface area contributed by atoms with Gasteiger partial charge in [0.15, 0.2) is 0 Å². The molecule has 2 atom stereocenters. The van der Waals surface area contributed by atoms with E-state index in [2.05, 4.69) is 44.2 Å². The Bertz CT molecular complexity index is 668. The largest absolute Gasteiger partial charge is 0.497 e. The summed E-state index contributed by atoms with van der Waals surface area (Å²) in [7, 11) is 1.70. The topological polar surface area (TPSA) is 35.2 Å². The van der Waals surface area contributed by atoms with Crippen LogP contribution in [0.5, 0.6) is 5.75 Å². The first-order valence-electron chi connectivity index (χ1n) is 7.25. The Labute approximate surface area is 130 Å². The van der Waals surface area contributed by atoms with Crippen molar-refractivity contribution in [3.63, 3.8) is 0 Å². The number of hydrogen-bond acceptors (Lipinski definition) is 3. The van der Waals surface area contributed by atoms with Gasteiger partial charge in [0.2, 0.25) is 0 Å². The lowest BCUT2D eigenvalue weighted by Crippen LogP contribution is -2.19. The van der Waals surface area contributed by atoms with Gasteiger partial charge in [0, 0.05) is 16.2 Å². The average molecular weight is 299 g/mol. The Hall–Kier alpha value is -1.45. The van der Waals surface area contributed by atoms with Gasteiger partial charge in [-0.2, -0.15) is 0 Å². The average Bonchev–Trinajstić information content (AvgIpc) is 2.78. The number of nitrogens with two attached hydrogens (primary N) is 1. The summed E-state index contributed by atoms with van der Waals surface area (Å²) < 4.78 is 5.31. The van der Waals surface area contributed by atoms with Gasteiger partial charge < -0.3 is 10.5 Å². The molecule has 2 N–H and O–H groups in total. The molecule has 0 aromatic heterocycles. The van der Waals surface area contributed by atoms with E-state index in [1.54, 1.807) is 7.11 Å². The lowest BCUT2D eigenvalue weighted by atomic mass is 10.1. The molecule has 110 valence electrons. The summed E-state index contributed by atoms with van der Waals surface area (Å²) in [5.41, 5.74) is 11.7. The van der Waals surface area contributed by atoms with Gasteiger partial charge in [-0.05, 0) is 55.2 Å². The second-order valence-electron chi connectivity index (χ2n) is 5.72. The molecule has 2 aromatic carbocycles. The lowest BCUT2D eigenvalue weighted by Gasteiger charge is -2.17. The normalized spacial score (nSPS) is 20.4. The van der Waals surface area contributed by atoms with E-state index in [1.807, 2.05) is 17.8 Å². The molecular weight excluding hydrogens is 278 g/mol. The quantitative estimate of drug-likeness (QED) is 0.929. The highest BCUT2D eigenvalue weighted by molar-refractivity contribution is 8.00. The minimum absolute atomic E-state index is 0.0702. The van der Waals surface area contributed by atoms with E-state index in [1.165, 1.54) is 27.1 Å². The second-order valence-corrected chi connectivity index (χ2v) is 7.00. The molecule has 0 spiro atoms. The molecule has 0 bridgehead atoms. The smallest absolute Gasteiger partial charge is 0.119 e. The van der Waals surface area contributed by atoms with E-state index in [4.69, 9.17) is 10.5 Å². The van der Waals surface area contributed by atoms with Crippen LogP contribution in [-0.2, 0) is 6.42 Å². The van der Waals surface area contributed by atoms with Gasteiger partial charge in [-0.15, -0.1) is 11.8 Å². The highest BCUT2D eigenvalue weighted by atomic mass is 32.2. The summed E-state index contributed by atoms with van der Waals surface area (Å²) in [5, 5.41) is 0.397. The SMILES string of the molecule is COc1ccc2c(c1)C(N)C(Sc1ccc(C)cc1C)C2. The van der Waals surface area contributed by atoms with Crippen LogP contribution in [0.15, 0.2) is 41.3 Å². The monoisotopic (exact) mass is 299 g/mol. The van der Waals surface area contributed by atoms with E-state index in [0.29, 0.717) is 5.25 Å². The number of benzene rings is 2. The molecule has 21 heavy (non-hydrogen) atoms. The molecule has 2 nitrogen and oxygen atoms in total. The molecule has 3 heteroatoms. The molecule has 0 radical (unpaired) electrons. The Morgan fingerprint density at radius 3 is 2.67 bits per heavy atom. The van der Waals surface area contributed by atoms with Crippen molar-refractivity contribution in [2.24, 2.45) is 5.73 Å². The number of rotatable bonds is 3. The van der Waals surface area contributed by atoms with Crippen molar-refractivity contribution in [3.05, 3.63) is 58.7 Å². The number of aryl methyl sites for hydroxylation is 2. The van der Waals surface area contributed by atoms with E-state index in [0.717, 1.165) is 12.2 Å². The predicted octanol–water partition coefficient (Wildman–Crippen LogP) is 4.03. The van der Waals surface area contributed by atoms with Gasteiger partial charge in [0.1, 0.15) is 5.75 Å². The molecule has 0 amide bonds. The Morgan fingerprint density at radius 2 is 1.95 bits per heavy atom. The number of methoxy groups -OCH3 is 1. The van der Waals surface area contributed by atoms with Gasteiger partial charge in [0.25, 0.3) is 0 Å². The van der Waals surface area contributed by atoms with E-state index < -0.39 is 0 Å². The molecule has 0 aliphatic heterocycles. The van der Waals surface area contributed by atoms with Crippen LogP contribution in [0.1, 0.15) is 28.3 Å². The van der Waals surface area contributed by atoms with E-state index >= 15 is 0 Å². The molecule has 2 unspecified atom stereocenters. The number of ether oxygens (including phenoxy) is 1. The molecule has 1 aliphatic carbocycles. The molecular formula is C18H21NOS. The Kier molecular flexibility index (Phi) is 3.96.